The van der Waals surface area contributed by atoms with Crippen LogP contribution in [0, 0.1) is 11.8 Å². The number of rotatable bonds is 3. The Morgan fingerprint density at radius 2 is 1.97 bits per heavy atom. The molecule has 1 unspecified atom stereocenters. The number of aliphatic hydroxyl groups is 1. The number of benzene rings is 2. The van der Waals surface area contributed by atoms with E-state index in [1.807, 2.05) is 0 Å². The van der Waals surface area contributed by atoms with E-state index in [2.05, 4.69) is 15.5 Å². The second-order valence-electron chi connectivity index (χ2n) is 8.13. The van der Waals surface area contributed by atoms with Crippen molar-refractivity contribution in [2.75, 3.05) is 0 Å². The number of nitrogens with one attached hydrogen (secondary N) is 2. The van der Waals surface area contributed by atoms with E-state index in [0.29, 0.717) is 23.4 Å². The van der Waals surface area contributed by atoms with E-state index < -0.39 is 23.2 Å². The first-order chi connectivity index (χ1) is 14.2. The van der Waals surface area contributed by atoms with Gasteiger partial charge in [0, 0.05) is 22.0 Å². The maximum Gasteiger partial charge on any atom is 0.416 e. The highest BCUT2D eigenvalue weighted by atomic mass is 35.5. The zero-order chi connectivity index (χ0) is 21.3. The number of hydrogen-bond donors (Lipinski definition) is 3. The van der Waals surface area contributed by atoms with Crippen LogP contribution in [0.3, 0.4) is 0 Å². The van der Waals surface area contributed by atoms with Gasteiger partial charge in [-0.3, -0.25) is 9.89 Å². The van der Waals surface area contributed by atoms with Crippen LogP contribution in [0.2, 0.25) is 5.02 Å². The predicted molar refractivity (Wildman–Crippen MR) is 104 cm³/mol. The van der Waals surface area contributed by atoms with Gasteiger partial charge in [0.15, 0.2) is 0 Å². The molecule has 0 aliphatic heterocycles. The number of fused-ring (bicyclic) bond motifs is 2. The number of hydrogen-bond acceptors (Lipinski definition) is 3. The lowest BCUT2D eigenvalue weighted by molar-refractivity contribution is -0.137. The summed E-state index contributed by atoms with van der Waals surface area (Å²) in [5, 5.41) is 22.2. The second kappa shape index (κ2) is 6.46. The van der Waals surface area contributed by atoms with Gasteiger partial charge in [-0.1, -0.05) is 17.7 Å². The van der Waals surface area contributed by atoms with Crippen LogP contribution in [0.1, 0.15) is 34.3 Å². The van der Waals surface area contributed by atoms with Gasteiger partial charge in [-0.2, -0.15) is 18.3 Å². The van der Waals surface area contributed by atoms with Crippen molar-refractivity contribution in [1.82, 2.24) is 15.5 Å². The first kappa shape index (κ1) is 19.4. The van der Waals surface area contributed by atoms with Crippen LogP contribution >= 0.6 is 11.6 Å². The largest absolute Gasteiger partial charge is 0.416 e. The van der Waals surface area contributed by atoms with Gasteiger partial charge >= 0.3 is 6.18 Å². The number of aromatic nitrogens is 2. The summed E-state index contributed by atoms with van der Waals surface area (Å²) < 4.78 is 38.6. The fraction of sp³-hybridized carbons (Fsp3) is 0.333. The molecule has 156 valence electrons. The minimum absolute atomic E-state index is 0.0278. The fourth-order valence-corrected chi connectivity index (χ4v) is 4.99. The number of carbonyl (C=O) groups is 1. The smallest absolute Gasteiger partial charge is 0.385 e. The van der Waals surface area contributed by atoms with Crippen molar-refractivity contribution in [2.45, 2.75) is 30.7 Å². The fourth-order valence-electron chi connectivity index (χ4n) is 4.77. The van der Waals surface area contributed by atoms with Crippen molar-refractivity contribution in [3.63, 3.8) is 0 Å². The first-order valence-corrected chi connectivity index (χ1v) is 9.87. The molecule has 4 atom stereocenters. The maximum absolute atomic E-state index is 12.9. The van der Waals surface area contributed by atoms with Crippen molar-refractivity contribution in [3.8, 4) is 0 Å². The molecule has 2 fully saturated rings. The van der Waals surface area contributed by atoms with Crippen molar-refractivity contribution >= 4 is 28.4 Å². The number of H-pyrrole nitrogens is 1. The molecule has 0 radical (unpaired) electrons. The molecule has 2 aromatic carbocycles. The third-order valence-corrected chi connectivity index (χ3v) is 6.47. The van der Waals surface area contributed by atoms with Crippen molar-refractivity contribution < 1.29 is 23.1 Å². The lowest BCUT2D eigenvalue weighted by Crippen LogP contribution is -2.33. The topological polar surface area (TPSA) is 78.0 Å². The number of halogens is 4. The van der Waals surface area contributed by atoms with Crippen LogP contribution in [-0.2, 0) is 11.8 Å². The maximum atomic E-state index is 12.9. The molecule has 3 aromatic rings. The number of alkyl halides is 3. The van der Waals surface area contributed by atoms with Crippen LogP contribution in [0.15, 0.2) is 42.6 Å². The van der Waals surface area contributed by atoms with E-state index in [4.69, 9.17) is 11.6 Å². The van der Waals surface area contributed by atoms with E-state index >= 15 is 0 Å². The molecule has 2 aliphatic carbocycles. The van der Waals surface area contributed by atoms with Crippen LogP contribution in [0.4, 0.5) is 13.2 Å². The van der Waals surface area contributed by atoms with Gasteiger partial charge in [0.25, 0.3) is 5.91 Å². The molecule has 1 amide bonds. The molecular formula is C21H17ClF3N3O2. The Kier molecular flexibility index (Phi) is 4.17. The third-order valence-electron chi connectivity index (χ3n) is 6.25. The summed E-state index contributed by atoms with van der Waals surface area (Å²) in [6.07, 6.45) is -1.98. The summed E-state index contributed by atoms with van der Waals surface area (Å²) in [5.74, 6) is -0.416. The van der Waals surface area contributed by atoms with Crippen LogP contribution in [0.5, 0.6) is 0 Å². The number of carbonyl (C=O) groups excluding carboxylic acids is 1. The zero-order valence-corrected chi connectivity index (χ0v) is 16.3. The molecule has 5 nitrogen and oxygen atoms in total. The molecule has 2 saturated carbocycles. The summed E-state index contributed by atoms with van der Waals surface area (Å²) in [5.41, 5.74) is -0.528. The summed E-state index contributed by atoms with van der Waals surface area (Å²) in [6.45, 7) is 0. The number of nitrogens with zero attached hydrogens (tertiary/aromatic N) is 1. The molecule has 9 heteroatoms. The third kappa shape index (κ3) is 3.15. The molecule has 3 N–H and O–H groups in total. The van der Waals surface area contributed by atoms with Crippen molar-refractivity contribution in [2.24, 2.45) is 11.8 Å². The average molecular weight is 436 g/mol. The standard InChI is InChI=1S/C21H17ClF3N3O2/c22-12-5-16(15-9-26-28-17(15)6-12)20(30)7-13-14(8-20)18(13)27-19(29)10-2-1-3-11(4-10)21(23,24)25/h1-6,9,13-14,18,30H,7-8H2,(H,26,28)(H,27,29)/t13-,14?,18+,20+/m1/s1. The Labute approximate surface area is 174 Å². The molecule has 1 aromatic heterocycles. The molecule has 0 bridgehead atoms. The molecule has 5 rings (SSSR count). The summed E-state index contributed by atoms with van der Waals surface area (Å²) in [6, 6.07) is 7.69. The van der Waals surface area contributed by atoms with Gasteiger partial charge in [-0.25, -0.2) is 0 Å². The van der Waals surface area contributed by atoms with Crippen molar-refractivity contribution in [3.05, 3.63) is 64.3 Å². The van der Waals surface area contributed by atoms with Crippen LogP contribution in [-0.4, -0.2) is 27.3 Å². The Balaban J connectivity index is 1.30. The summed E-state index contributed by atoms with van der Waals surface area (Å²) >= 11 is 6.18. The lowest BCUT2D eigenvalue weighted by Gasteiger charge is -2.27. The first-order valence-electron chi connectivity index (χ1n) is 9.49. The predicted octanol–water partition coefficient (Wildman–Crippen LogP) is 4.26. The van der Waals surface area contributed by atoms with Gasteiger partial charge in [-0.05, 0) is 60.6 Å². The van der Waals surface area contributed by atoms with E-state index in [9.17, 15) is 23.1 Å². The monoisotopic (exact) mass is 435 g/mol. The lowest BCUT2D eigenvalue weighted by atomic mass is 9.86. The summed E-state index contributed by atoms with van der Waals surface area (Å²) in [7, 11) is 0. The molecule has 0 spiro atoms. The minimum atomic E-state index is -4.50. The van der Waals surface area contributed by atoms with Gasteiger partial charge in [0.1, 0.15) is 0 Å². The SMILES string of the molecule is O=C(N[C@@H]1C2C[C@](O)(c3cc(Cl)cc4[nH]ncc34)C[C@H]21)c1cccc(C(F)(F)F)c1. The highest BCUT2D eigenvalue weighted by Crippen LogP contribution is 2.60. The van der Waals surface area contributed by atoms with E-state index in [1.165, 1.54) is 12.1 Å². The number of aromatic amines is 1. The molecular weight excluding hydrogens is 419 g/mol. The van der Waals surface area contributed by atoms with Gasteiger partial charge in [0.05, 0.1) is 22.9 Å². The van der Waals surface area contributed by atoms with E-state index in [1.54, 1.807) is 18.3 Å². The molecule has 2 aliphatic rings. The Morgan fingerprint density at radius 1 is 1.23 bits per heavy atom. The van der Waals surface area contributed by atoms with Gasteiger partial charge in [0.2, 0.25) is 0 Å². The van der Waals surface area contributed by atoms with Crippen LogP contribution < -0.4 is 5.32 Å². The highest BCUT2D eigenvalue weighted by Gasteiger charge is 2.62. The Bertz CT molecular complexity index is 1150. The van der Waals surface area contributed by atoms with E-state index in [0.717, 1.165) is 23.0 Å². The number of amides is 1. The summed E-state index contributed by atoms with van der Waals surface area (Å²) in [4.78, 5) is 12.5. The van der Waals surface area contributed by atoms with Crippen molar-refractivity contribution in [1.29, 1.82) is 0 Å². The quantitative estimate of drug-likeness (QED) is 0.575. The normalized spacial score (nSPS) is 27.8. The minimum Gasteiger partial charge on any atom is -0.385 e. The average Bonchev–Trinajstić information content (AvgIpc) is 3.03. The second-order valence-corrected chi connectivity index (χ2v) is 8.57. The molecule has 1 heterocycles. The van der Waals surface area contributed by atoms with Gasteiger partial charge < -0.3 is 10.4 Å². The van der Waals surface area contributed by atoms with Gasteiger partial charge in [-0.15, -0.1) is 0 Å². The molecule has 0 saturated heterocycles. The molecule has 30 heavy (non-hydrogen) atoms. The Hall–Kier alpha value is -2.58. The zero-order valence-electron chi connectivity index (χ0n) is 15.5. The Morgan fingerprint density at radius 3 is 2.67 bits per heavy atom. The highest BCUT2D eigenvalue weighted by molar-refractivity contribution is 6.31. The van der Waals surface area contributed by atoms with E-state index in [-0.39, 0.29) is 23.4 Å². The van der Waals surface area contributed by atoms with Crippen LogP contribution in [0.25, 0.3) is 10.9 Å².